The van der Waals surface area contributed by atoms with Crippen LogP contribution < -0.4 is 5.32 Å². The minimum Gasteiger partial charge on any atom is -0.513 e. The summed E-state index contributed by atoms with van der Waals surface area (Å²) in [5.74, 6) is 0.780. The Morgan fingerprint density at radius 1 is 1.46 bits per heavy atom. The van der Waals surface area contributed by atoms with Crippen LogP contribution in [0.25, 0.3) is 5.57 Å². The van der Waals surface area contributed by atoms with Crippen LogP contribution in [0.3, 0.4) is 0 Å². The molecule has 0 aliphatic carbocycles. The molecule has 24 heavy (non-hydrogen) atoms. The quantitative estimate of drug-likeness (QED) is 0.665. The van der Waals surface area contributed by atoms with Crippen LogP contribution in [0.15, 0.2) is 23.8 Å². The molecule has 2 atom stereocenters. The minimum atomic E-state index is -0.141. The van der Waals surface area contributed by atoms with Crippen molar-refractivity contribution in [1.29, 1.82) is 0 Å². The first-order valence-corrected chi connectivity index (χ1v) is 8.90. The molecular weight excluding hydrogens is 324 g/mol. The van der Waals surface area contributed by atoms with Crippen molar-refractivity contribution in [3.8, 4) is 0 Å². The van der Waals surface area contributed by atoms with Crippen molar-refractivity contribution in [2.75, 3.05) is 13.1 Å². The molecule has 0 bridgehead atoms. The van der Waals surface area contributed by atoms with Gasteiger partial charge in [-0.2, -0.15) is 0 Å². The van der Waals surface area contributed by atoms with Gasteiger partial charge in [0, 0.05) is 36.7 Å². The van der Waals surface area contributed by atoms with Gasteiger partial charge in [-0.15, -0.1) is 16.4 Å². The number of tetrazole rings is 1. The lowest BCUT2D eigenvalue weighted by atomic mass is 9.79. The third-order valence-electron chi connectivity index (χ3n) is 4.31. The van der Waals surface area contributed by atoms with Gasteiger partial charge in [-0.05, 0) is 21.9 Å². The Bertz CT molecular complexity index is 721. The summed E-state index contributed by atoms with van der Waals surface area (Å²) >= 11 is 1.65. The molecule has 8 heteroatoms. The number of aliphatic hydroxyl groups is 1. The first-order valence-electron chi connectivity index (χ1n) is 8.02. The minimum absolute atomic E-state index is 0.0943. The van der Waals surface area contributed by atoms with E-state index in [4.69, 9.17) is 4.98 Å². The predicted molar refractivity (Wildman–Crippen MR) is 93.7 cm³/mol. The van der Waals surface area contributed by atoms with Gasteiger partial charge in [-0.3, -0.25) is 0 Å². The average molecular weight is 346 g/mol. The number of nitrogens with one attached hydrogen (secondary N) is 2. The van der Waals surface area contributed by atoms with E-state index in [1.807, 2.05) is 0 Å². The highest BCUT2D eigenvalue weighted by molar-refractivity contribution is 7.10. The van der Waals surface area contributed by atoms with E-state index in [-0.39, 0.29) is 23.5 Å². The van der Waals surface area contributed by atoms with Crippen molar-refractivity contribution in [1.82, 2.24) is 30.9 Å². The van der Waals surface area contributed by atoms with Gasteiger partial charge in [0.15, 0.2) is 5.82 Å². The average Bonchev–Trinajstić information content (AvgIpc) is 3.27. The summed E-state index contributed by atoms with van der Waals surface area (Å²) in [6.45, 7) is 9.64. The molecule has 1 aliphatic heterocycles. The Labute approximate surface area is 144 Å². The third-order valence-corrected chi connectivity index (χ3v) is 5.28. The van der Waals surface area contributed by atoms with E-state index in [1.165, 1.54) is 5.57 Å². The van der Waals surface area contributed by atoms with E-state index in [0.29, 0.717) is 12.2 Å². The molecule has 3 rings (SSSR count). The van der Waals surface area contributed by atoms with E-state index in [0.717, 1.165) is 23.8 Å². The summed E-state index contributed by atoms with van der Waals surface area (Å²) < 4.78 is 0. The zero-order valence-corrected chi connectivity index (χ0v) is 14.7. The topological polar surface area (TPSA) is 99.6 Å². The molecule has 3 heterocycles. The lowest BCUT2D eigenvalue weighted by Crippen LogP contribution is -2.23. The van der Waals surface area contributed by atoms with Gasteiger partial charge < -0.3 is 10.4 Å². The number of allylic oxidation sites excluding steroid dienone is 1. The lowest BCUT2D eigenvalue weighted by Gasteiger charge is -2.27. The first-order chi connectivity index (χ1) is 11.6. The third kappa shape index (κ3) is 3.54. The van der Waals surface area contributed by atoms with Crippen molar-refractivity contribution in [2.24, 2.45) is 11.8 Å². The SMILES string of the molecule is C=C(O)[C@@H](C(C)C)[C@H](Cc1csc(C2=CCNC2)n1)c1nnn[nH]1. The van der Waals surface area contributed by atoms with Crippen LogP contribution in [0, 0.1) is 11.8 Å². The highest BCUT2D eigenvalue weighted by atomic mass is 32.1. The summed E-state index contributed by atoms with van der Waals surface area (Å²) in [5.41, 5.74) is 2.23. The number of rotatable bonds is 7. The second-order valence-electron chi connectivity index (χ2n) is 6.36. The zero-order chi connectivity index (χ0) is 17.1. The standard InChI is InChI=1S/C16H22N6OS/c1-9(2)14(10(3)23)13(15-19-21-22-20-15)6-12-8-24-16(18-12)11-4-5-17-7-11/h4,8-9,13-14,17,23H,3,5-7H2,1-2H3,(H,19,20,21,22)/t13-,14+/m0/s1. The molecule has 2 aromatic heterocycles. The highest BCUT2D eigenvalue weighted by Crippen LogP contribution is 2.35. The molecular formula is C16H22N6OS. The number of aliphatic hydroxyl groups excluding tert-OH is 1. The lowest BCUT2D eigenvalue weighted by molar-refractivity contribution is 0.243. The largest absolute Gasteiger partial charge is 0.513 e. The number of hydrogen-bond donors (Lipinski definition) is 3. The second-order valence-corrected chi connectivity index (χ2v) is 7.22. The number of aromatic amines is 1. The van der Waals surface area contributed by atoms with Crippen LogP contribution in [-0.2, 0) is 6.42 Å². The molecule has 0 unspecified atom stereocenters. The van der Waals surface area contributed by atoms with E-state index in [1.54, 1.807) is 11.3 Å². The van der Waals surface area contributed by atoms with Crippen molar-refractivity contribution in [3.05, 3.63) is 40.3 Å². The Kier molecular flexibility index (Phi) is 5.06. The summed E-state index contributed by atoms with van der Waals surface area (Å²) in [7, 11) is 0. The second kappa shape index (κ2) is 7.23. The van der Waals surface area contributed by atoms with Crippen molar-refractivity contribution < 1.29 is 5.11 Å². The molecule has 3 N–H and O–H groups in total. The molecule has 0 saturated carbocycles. The van der Waals surface area contributed by atoms with Gasteiger partial charge in [0.25, 0.3) is 0 Å². The van der Waals surface area contributed by atoms with Crippen LogP contribution in [0.4, 0.5) is 0 Å². The van der Waals surface area contributed by atoms with Crippen LogP contribution in [0.1, 0.15) is 36.3 Å². The molecule has 0 radical (unpaired) electrons. The van der Waals surface area contributed by atoms with Gasteiger partial charge in [-0.1, -0.05) is 26.5 Å². The fourth-order valence-corrected chi connectivity index (χ4v) is 4.08. The smallest absolute Gasteiger partial charge is 0.152 e. The summed E-state index contributed by atoms with van der Waals surface area (Å²) in [6.07, 6.45) is 2.82. The Morgan fingerprint density at radius 2 is 2.29 bits per heavy atom. The monoisotopic (exact) mass is 346 g/mol. The summed E-state index contributed by atoms with van der Waals surface area (Å²) in [5, 5.41) is 30.8. The normalized spacial score (nSPS) is 17.0. The molecule has 0 aromatic carbocycles. The molecule has 0 amide bonds. The molecule has 7 nitrogen and oxygen atoms in total. The number of aromatic nitrogens is 5. The van der Waals surface area contributed by atoms with Gasteiger partial charge in [0.05, 0.1) is 11.5 Å². The Balaban J connectivity index is 1.85. The maximum absolute atomic E-state index is 10.1. The van der Waals surface area contributed by atoms with Crippen molar-refractivity contribution in [2.45, 2.75) is 26.2 Å². The van der Waals surface area contributed by atoms with Gasteiger partial charge in [0.2, 0.25) is 0 Å². The number of hydrogen-bond acceptors (Lipinski definition) is 7. The predicted octanol–water partition coefficient (Wildman–Crippen LogP) is 2.31. The van der Waals surface area contributed by atoms with E-state index in [9.17, 15) is 5.11 Å². The summed E-state index contributed by atoms with van der Waals surface area (Å²) in [4.78, 5) is 4.76. The molecule has 2 aromatic rings. The first kappa shape index (κ1) is 16.8. The maximum Gasteiger partial charge on any atom is 0.152 e. The van der Waals surface area contributed by atoms with E-state index >= 15 is 0 Å². The van der Waals surface area contributed by atoms with Gasteiger partial charge >= 0.3 is 0 Å². The van der Waals surface area contributed by atoms with Crippen LogP contribution >= 0.6 is 11.3 Å². The number of thiazole rings is 1. The van der Waals surface area contributed by atoms with Crippen molar-refractivity contribution >= 4 is 16.9 Å². The molecule has 1 aliphatic rings. The Morgan fingerprint density at radius 3 is 2.88 bits per heavy atom. The fraction of sp³-hybridized carbons (Fsp3) is 0.500. The summed E-state index contributed by atoms with van der Waals surface area (Å²) in [6, 6.07) is 0. The van der Waals surface area contributed by atoms with Crippen LogP contribution in [0.2, 0.25) is 0 Å². The maximum atomic E-state index is 10.1. The number of H-pyrrole nitrogens is 1. The molecule has 0 fully saturated rings. The van der Waals surface area contributed by atoms with Crippen LogP contribution in [-0.4, -0.2) is 43.8 Å². The molecule has 128 valence electrons. The highest BCUT2D eigenvalue weighted by Gasteiger charge is 2.32. The Hall–Kier alpha value is -2.06. The zero-order valence-electron chi connectivity index (χ0n) is 13.9. The van der Waals surface area contributed by atoms with Crippen molar-refractivity contribution in [3.63, 3.8) is 0 Å². The number of nitrogens with zero attached hydrogens (tertiary/aromatic N) is 4. The van der Waals surface area contributed by atoms with Gasteiger partial charge in [-0.25, -0.2) is 10.1 Å². The van der Waals surface area contributed by atoms with Crippen LogP contribution in [0.5, 0.6) is 0 Å². The van der Waals surface area contributed by atoms with E-state index < -0.39 is 0 Å². The van der Waals surface area contributed by atoms with E-state index in [2.05, 4.69) is 57.8 Å². The fourth-order valence-electron chi connectivity index (χ4n) is 3.21. The molecule has 0 spiro atoms. The molecule has 0 saturated heterocycles. The van der Waals surface area contributed by atoms with Gasteiger partial charge in [0.1, 0.15) is 5.01 Å².